The summed E-state index contributed by atoms with van der Waals surface area (Å²) in [6, 6.07) is 24.8. The van der Waals surface area contributed by atoms with E-state index in [1.54, 1.807) is 48.5 Å². The first-order valence-corrected chi connectivity index (χ1v) is 14.4. The van der Waals surface area contributed by atoms with E-state index in [1.165, 1.54) is 0 Å². The van der Waals surface area contributed by atoms with Gasteiger partial charge in [-0.05, 0) is 64.6 Å². The summed E-state index contributed by atoms with van der Waals surface area (Å²) in [6.45, 7) is 6.38. The molecule has 6 nitrogen and oxygen atoms in total. The Morgan fingerprint density at radius 3 is 2.16 bits per heavy atom. The molecule has 43 heavy (non-hydrogen) atoms. The van der Waals surface area contributed by atoms with E-state index in [9.17, 15) is 19.5 Å². The predicted octanol–water partition coefficient (Wildman–Crippen LogP) is 3.60. The van der Waals surface area contributed by atoms with Gasteiger partial charge in [-0.15, -0.1) is 0 Å². The number of carboxylic acids is 1. The second kappa shape index (κ2) is 15.2. The summed E-state index contributed by atoms with van der Waals surface area (Å²) in [5, 5.41) is 16.5. The van der Waals surface area contributed by atoms with Crippen LogP contribution in [0.3, 0.4) is 0 Å². The van der Waals surface area contributed by atoms with Crippen molar-refractivity contribution >= 4 is 51.8 Å². The number of carbonyl (C=O) groups excluding carboxylic acids is 3. The average Bonchev–Trinajstić information content (AvgIpc) is 2.94. The van der Waals surface area contributed by atoms with Crippen LogP contribution in [0, 0.1) is 0 Å². The molecule has 0 aromatic heterocycles. The van der Waals surface area contributed by atoms with Crippen LogP contribution in [-0.2, 0) is 26.2 Å². The van der Waals surface area contributed by atoms with E-state index in [0.29, 0.717) is 33.0 Å². The Kier molecular flexibility index (Phi) is 12.3. The monoisotopic (exact) mass is 627 g/mol. The molecule has 0 aliphatic carbocycles. The number of ether oxygens (including phenoxy) is 1. The van der Waals surface area contributed by atoms with Gasteiger partial charge in [-0.25, -0.2) is 0 Å². The van der Waals surface area contributed by atoms with Crippen LogP contribution in [0.2, 0.25) is 10.0 Å². The number of carbonyl (C=O) groups is 3. The fraction of sp³-hybridized carbons (Fsp3) is 0.265. The SMILES string of the molecule is CC(C)(C)c1ccc(CC(NC(=O)c2cccc3c(Cl)cccc23)C(OC(=O)CCC(=O)[O-])c2cccc(Cl)c2)cc1.[Na+]. The van der Waals surface area contributed by atoms with Crippen LogP contribution >= 0.6 is 23.2 Å². The van der Waals surface area contributed by atoms with Crippen molar-refractivity contribution in [2.45, 2.75) is 57.6 Å². The number of amides is 1. The minimum Gasteiger partial charge on any atom is -0.550 e. The summed E-state index contributed by atoms with van der Waals surface area (Å²) in [5.41, 5.74) is 2.99. The second-order valence-corrected chi connectivity index (χ2v) is 12.1. The number of nitrogens with one attached hydrogen (secondary N) is 1. The Morgan fingerprint density at radius 1 is 0.860 bits per heavy atom. The maximum atomic E-state index is 13.9. The van der Waals surface area contributed by atoms with Gasteiger partial charge in [-0.1, -0.05) is 105 Å². The van der Waals surface area contributed by atoms with Crippen LogP contribution in [0.25, 0.3) is 10.8 Å². The molecule has 4 aromatic carbocycles. The van der Waals surface area contributed by atoms with E-state index in [2.05, 4.69) is 26.1 Å². The first-order valence-electron chi connectivity index (χ1n) is 13.6. The second-order valence-electron chi connectivity index (χ2n) is 11.2. The Bertz CT molecular complexity index is 1600. The molecule has 1 N–H and O–H groups in total. The zero-order valence-corrected chi connectivity index (χ0v) is 28.2. The molecule has 0 aliphatic rings. The Hall–Kier alpha value is -2.87. The van der Waals surface area contributed by atoms with Crippen molar-refractivity contribution in [3.63, 3.8) is 0 Å². The molecule has 0 heterocycles. The molecule has 0 fully saturated rings. The number of hydrogen-bond acceptors (Lipinski definition) is 5. The van der Waals surface area contributed by atoms with Crippen molar-refractivity contribution in [3.8, 4) is 0 Å². The van der Waals surface area contributed by atoms with E-state index in [4.69, 9.17) is 27.9 Å². The van der Waals surface area contributed by atoms with Crippen molar-refractivity contribution in [1.82, 2.24) is 5.32 Å². The fourth-order valence-corrected chi connectivity index (χ4v) is 5.25. The normalized spacial score (nSPS) is 12.6. The third kappa shape index (κ3) is 9.31. The number of benzene rings is 4. The maximum absolute atomic E-state index is 13.9. The molecule has 0 spiro atoms. The van der Waals surface area contributed by atoms with Crippen LogP contribution < -0.4 is 40.0 Å². The molecule has 2 atom stereocenters. The third-order valence-corrected chi connectivity index (χ3v) is 7.60. The van der Waals surface area contributed by atoms with Gasteiger partial charge in [0, 0.05) is 27.0 Å². The molecular weight excluding hydrogens is 596 g/mol. The van der Waals surface area contributed by atoms with Gasteiger partial charge in [0.1, 0.15) is 6.10 Å². The molecule has 218 valence electrons. The third-order valence-electron chi connectivity index (χ3n) is 7.04. The molecule has 0 saturated heterocycles. The van der Waals surface area contributed by atoms with Crippen molar-refractivity contribution in [3.05, 3.63) is 117 Å². The molecule has 1 amide bonds. The number of carboxylic acid groups (broad SMARTS) is 1. The van der Waals surface area contributed by atoms with E-state index < -0.39 is 30.5 Å². The van der Waals surface area contributed by atoms with Crippen molar-refractivity contribution in [1.29, 1.82) is 0 Å². The number of halogens is 2. The largest absolute Gasteiger partial charge is 1.00 e. The molecule has 0 aliphatic heterocycles. The van der Waals surface area contributed by atoms with Crippen LogP contribution in [0.4, 0.5) is 0 Å². The molecule has 9 heteroatoms. The molecule has 0 radical (unpaired) electrons. The van der Waals surface area contributed by atoms with Gasteiger partial charge in [-0.2, -0.15) is 0 Å². The van der Waals surface area contributed by atoms with Gasteiger partial charge >= 0.3 is 35.5 Å². The maximum Gasteiger partial charge on any atom is 1.00 e. The summed E-state index contributed by atoms with van der Waals surface area (Å²) in [7, 11) is 0. The smallest absolute Gasteiger partial charge is 0.550 e. The molecule has 4 rings (SSSR count). The van der Waals surface area contributed by atoms with Crippen molar-refractivity contribution < 1.29 is 53.8 Å². The number of hydrogen-bond donors (Lipinski definition) is 1. The topological polar surface area (TPSA) is 95.5 Å². The summed E-state index contributed by atoms with van der Waals surface area (Å²) in [5.74, 6) is -2.47. The minimum atomic E-state index is -1.36. The number of esters is 1. The molecule has 4 aromatic rings. The van der Waals surface area contributed by atoms with Crippen LogP contribution in [-0.4, -0.2) is 23.9 Å². The Morgan fingerprint density at radius 2 is 1.51 bits per heavy atom. The quantitative estimate of drug-likeness (QED) is 0.214. The first kappa shape index (κ1) is 34.6. The molecular formula is C34H32Cl2NNaO5. The van der Waals surface area contributed by atoms with E-state index >= 15 is 0 Å². The Labute approximate surface area is 284 Å². The molecule has 0 bridgehead atoms. The van der Waals surface area contributed by atoms with Crippen LogP contribution in [0.1, 0.15) is 66.8 Å². The van der Waals surface area contributed by atoms with Gasteiger partial charge in [0.05, 0.1) is 12.5 Å². The summed E-state index contributed by atoms with van der Waals surface area (Å²) < 4.78 is 5.87. The van der Waals surface area contributed by atoms with Gasteiger partial charge < -0.3 is 20.0 Å². The summed E-state index contributed by atoms with van der Waals surface area (Å²) >= 11 is 12.7. The molecule has 2 unspecified atom stereocenters. The van der Waals surface area contributed by atoms with Crippen molar-refractivity contribution in [2.24, 2.45) is 0 Å². The first-order chi connectivity index (χ1) is 19.9. The van der Waals surface area contributed by atoms with E-state index in [-0.39, 0.29) is 47.3 Å². The van der Waals surface area contributed by atoms with Crippen molar-refractivity contribution in [2.75, 3.05) is 0 Å². The fourth-order valence-electron chi connectivity index (χ4n) is 4.81. The van der Waals surface area contributed by atoms with Gasteiger partial charge in [0.2, 0.25) is 0 Å². The van der Waals surface area contributed by atoms with E-state index in [1.807, 2.05) is 36.4 Å². The van der Waals surface area contributed by atoms with E-state index in [0.717, 1.165) is 16.5 Å². The van der Waals surface area contributed by atoms with Crippen LogP contribution in [0.15, 0.2) is 84.9 Å². The Balaban J connectivity index is 0.00000506. The summed E-state index contributed by atoms with van der Waals surface area (Å²) in [6.07, 6.45) is -1.51. The minimum absolute atomic E-state index is 0. The predicted molar refractivity (Wildman–Crippen MR) is 164 cm³/mol. The number of rotatable bonds is 10. The van der Waals surface area contributed by atoms with Gasteiger partial charge in [0.15, 0.2) is 0 Å². The summed E-state index contributed by atoms with van der Waals surface area (Å²) in [4.78, 5) is 37.7. The number of aliphatic carboxylic acids is 1. The zero-order valence-electron chi connectivity index (χ0n) is 24.7. The standard InChI is InChI=1S/C34H33Cl2NO5.Na/c1-34(2,3)23-15-13-21(14-16-23)19-29(37-33(41)27-11-5-10-26-25(27)9-6-12-28(26)36)32(22-7-4-8-24(35)20-22)42-31(40)18-17-30(38)39;/h4-16,20,29,32H,17-19H2,1-3H3,(H,37,41)(H,38,39);/q;+1/p-1. The zero-order chi connectivity index (χ0) is 30.4. The average molecular weight is 629 g/mol. The number of fused-ring (bicyclic) bond motifs is 1. The molecule has 0 saturated carbocycles. The van der Waals surface area contributed by atoms with Gasteiger partial charge in [0.25, 0.3) is 5.91 Å². The van der Waals surface area contributed by atoms with Crippen LogP contribution in [0.5, 0.6) is 0 Å². The van der Waals surface area contributed by atoms with Gasteiger partial charge in [-0.3, -0.25) is 9.59 Å².